The van der Waals surface area contributed by atoms with Gasteiger partial charge in [-0.15, -0.1) is 0 Å². The van der Waals surface area contributed by atoms with Crippen molar-refractivity contribution in [2.45, 2.75) is 46.2 Å². The molecule has 8 nitrogen and oxygen atoms in total. The number of rotatable bonds is 8. The second kappa shape index (κ2) is 10.0. The van der Waals surface area contributed by atoms with Crippen molar-refractivity contribution in [3.63, 3.8) is 0 Å². The molecule has 0 spiro atoms. The van der Waals surface area contributed by atoms with E-state index in [4.69, 9.17) is 18.6 Å². The number of hydrogen-bond donors (Lipinski definition) is 2. The molecule has 0 aliphatic carbocycles. The number of nitrogens with one attached hydrogen (secondary N) is 2. The molecule has 8 heteroatoms. The largest absolute Gasteiger partial charge is 0.493 e. The van der Waals surface area contributed by atoms with Crippen molar-refractivity contribution in [1.82, 2.24) is 15.6 Å². The normalized spacial score (nSPS) is 11.9. The van der Waals surface area contributed by atoms with Crippen LogP contribution in [0.15, 0.2) is 27.7 Å². The number of aromatic nitrogens is 1. The first-order valence-corrected chi connectivity index (χ1v) is 9.59. The van der Waals surface area contributed by atoms with Gasteiger partial charge in [0.15, 0.2) is 17.5 Å². The molecule has 0 fully saturated rings. The van der Waals surface area contributed by atoms with Crippen LogP contribution in [0.4, 0.5) is 0 Å². The summed E-state index contributed by atoms with van der Waals surface area (Å²) in [6, 6.07) is 3.75. The van der Waals surface area contributed by atoms with E-state index in [1.165, 1.54) is 0 Å². The third kappa shape index (κ3) is 5.79. The molecule has 0 unspecified atom stereocenters. The van der Waals surface area contributed by atoms with Gasteiger partial charge in [0.2, 0.25) is 11.6 Å². The van der Waals surface area contributed by atoms with Crippen LogP contribution < -0.4 is 24.8 Å². The molecular weight excluding hydrogens is 372 g/mol. The molecule has 0 aliphatic rings. The molecule has 29 heavy (non-hydrogen) atoms. The highest BCUT2D eigenvalue weighted by atomic mass is 16.5. The number of methoxy groups -OCH3 is 3. The summed E-state index contributed by atoms with van der Waals surface area (Å²) in [5, 5.41) is 6.47. The Bertz CT molecular complexity index is 825. The number of aliphatic imine (C=N–C) groups is 1. The minimum Gasteiger partial charge on any atom is -0.493 e. The van der Waals surface area contributed by atoms with Gasteiger partial charge in [-0.1, -0.05) is 20.8 Å². The average Bonchev–Trinajstić information content (AvgIpc) is 3.18. The number of nitrogens with zero attached hydrogens (tertiary/aromatic N) is 2. The first kappa shape index (κ1) is 22.4. The SMILES string of the molecule is CCNC(=NCc1ccc(OC)c(OC)c1OC)NCc1ncc(C(C)(C)C)o1. The molecule has 1 heterocycles. The average molecular weight is 405 g/mol. The first-order chi connectivity index (χ1) is 13.8. The van der Waals surface area contributed by atoms with E-state index < -0.39 is 0 Å². The topological polar surface area (TPSA) is 90.1 Å². The minimum atomic E-state index is -0.0756. The fraction of sp³-hybridized carbons (Fsp3) is 0.524. The summed E-state index contributed by atoms with van der Waals surface area (Å²) in [5.74, 6) is 3.89. The van der Waals surface area contributed by atoms with E-state index in [2.05, 4.69) is 41.4 Å². The van der Waals surface area contributed by atoms with Gasteiger partial charge in [-0.25, -0.2) is 9.98 Å². The van der Waals surface area contributed by atoms with Gasteiger partial charge in [0, 0.05) is 17.5 Å². The molecule has 2 rings (SSSR count). The molecule has 2 aromatic rings. The van der Waals surface area contributed by atoms with E-state index in [0.29, 0.717) is 42.2 Å². The zero-order valence-corrected chi connectivity index (χ0v) is 18.4. The Hall–Kier alpha value is -2.90. The zero-order valence-electron chi connectivity index (χ0n) is 18.4. The van der Waals surface area contributed by atoms with Crippen LogP contribution in [0.3, 0.4) is 0 Å². The molecule has 0 atom stereocenters. The first-order valence-electron chi connectivity index (χ1n) is 9.59. The lowest BCUT2D eigenvalue weighted by molar-refractivity contribution is 0.322. The van der Waals surface area contributed by atoms with Gasteiger partial charge in [-0.2, -0.15) is 0 Å². The highest BCUT2D eigenvalue weighted by Gasteiger charge is 2.19. The highest BCUT2D eigenvalue weighted by Crippen LogP contribution is 2.39. The van der Waals surface area contributed by atoms with Gasteiger partial charge in [0.05, 0.1) is 40.6 Å². The van der Waals surface area contributed by atoms with Gasteiger partial charge in [-0.05, 0) is 19.1 Å². The van der Waals surface area contributed by atoms with E-state index in [-0.39, 0.29) is 5.41 Å². The van der Waals surface area contributed by atoms with Gasteiger partial charge in [0.25, 0.3) is 0 Å². The standard InChI is InChI=1S/C21H32N4O4/c1-8-22-20(25-13-17-23-12-16(29-17)21(2,3)4)24-11-14-9-10-15(26-5)19(28-7)18(14)27-6/h9-10,12H,8,11,13H2,1-7H3,(H2,22,24,25). The van der Waals surface area contributed by atoms with Crippen molar-refractivity contribution in [3.8, 4) is 17.2 Å². The van der Waals surface area contributed by atoms with E-state index in [1.807, 2.05) is 19.1 Å². The maximum absolute atomic E-state index is 5.82. The highest BCUT2D eigenvalue weighted by molar-refractivity contribution is 5.79. The monoisotopic (exact) mass is 404 g/mol. The lowest BCUT2D eigenvalue weighted by Crippen LogP contribution is -2.36. The van der Waals surface area contributed by atoms with Crippen LogP contribution in [0.1, 0.15) is 44.9 Å². The van der Waals surface area contributed by atoms with E-state index in [9.17, 15) is 0 Å². The summed E-state index contributed by atoms with van der Waals surface area (Å²) in [4.78, 5) is 8.98. The summed E-state index contributed by atoms with van der Waals surface area (Å²) in [7, 11) is 4.78. The van der Waals surface area contributed by atoms with Crippen LogP contribution in [0.2, 0.25) is 0 Å². The summed E-state index contributed by atoms with van der Waals surface area (Å²) < 4.78 is 22.1. The van der Waals surface area contributed by atoms with Crippen molar-refractivity contribution in [2.24, 2.45) is 4.99 Å². The van der Waals surface area contributed by atoms with Crippen molar-refractivity contribution < 1.29 is 18.6 Å². The smallest absolute Gasteiger partial charge is 0.213 e. The summed E-state index contributed by atoms with van der Waals surface area (Å²) in [6.45, 7) is 9.85. The second-order valence-electron chi connectivity index (χ2n) is 7.41. The number of ether oxygens (including phenoxy) is 3. The molecule has 0 amide bonds. The maximum atomic E-state index is 5.82. The van der Waals surface area contributed by atoms with Crippen LogP contribution in [0.25, 0.3) is 0 Å². The lowest BCUT2D eigenvalue weighted by Gasteiger charge is -2.15. The Labute approximate surface area is 172 Å². The molecule has 0 aliphatic heterocycles. The Balaban J connectivity index is 2.14. The number of hydrogen-bond acceptors (Lipinski definition) is 6. The summed E-state index contributed by atoms with van der Waals surface area (Å²) >= 11 is 0. The number of guanidine groups is 1. The quantitative estimate of drug-likeness (QED) is 0.515. The van der Waals surface area contributed by atoms with Crippen LogP contribution in [-0.2, 0) is 18.5 Å². The van der Waals surface area contributed by atoms with Gasteiger partial charge >= 0.3 is 0 Å². The van der Waals surface area contributed by atoms with Crippen molar-refractivity contribution >= 4 is 5.96 Å². The molecule has 160 valence electrons. The van der Waals surface area contributed by atoms with Crippen molar-refractivity contribution in [1.29, 1.82) is 0 Å². The Morgan fingerprint density at radius 3 is 2.34 bits per heavy atom. The molecule has 1 aromatic carbocycles. The van der Waals surface area contributed by atoms with Gasteiger partial charge in [-0.3, -0.25) is 0 Å². The van der Waals surface area contributed by atoms with Crippen LogP contribution in [0.5, 0.6) is 17.2 Å². The molecule has 0 radical (unpaired) electrons. The molecule has 2 N–H and O–H groups in total. The number of oxazole rings is 1. The third-order valence-corrected chi connectivity index (χ3v) is 4.24. The third-order valence-electron chi connectivity index (χ3n) is 4.24. The molecule has 0 saturated heterocycles. The Morgan fingerprint density at radius 2 is 1.79 bits per heavy atom. The van der Waals surface area contributed by atoms with Crippen LogP contribution >= 0.6 is 0 Å². The summed E-state index contributed by atoms with van der Waals surface area (Å²) in [5.41, 5.74) is 0.807. The molecular formula is C21H32N4O4. The van der Waals surface area contributed by atoms with Crippen LogP contribution in [-0.4, -0.2) is 38.8 Å². The molecule has 1 aromatic heterocycles. The van der Waals surface area contributed by atoms with Crippen molar-refractivity contribution in [3.05, 3.63) is 35.5 Å². The predicted molar refractivity (Wildman–Crippen MR) is 113 cm³/mol. The van der Waals surface area contributed by atoms with Crippen molar-refractivity contribution in [2.75, 3.05) is 27.9 Å². The second-order valence-corrected chi connectivity index (χ2v) is 7.41. The fourth-order valence-electron chi connectivity index (χ4n) is 2.69. The van der Waals surface area contributed by atoms with Crippen LogP contribution in [0, 0.1) is 0 Å². The molecule has 0 saturated carbocycles. The van der Waals surface area contributed by atoms with Gasteiger partial charge < -0.3 is 29.3 Å². The van der Waals surface area contributed by atoms with E-state index in [0.717, 1.165) is 17.9 Å². The predicted octanol–water partition coefficient (Wildman–Crippen LogP) is 3.25. The Kier molecular flexibility index (Phi) is 7.75. The Morgan fingerprint density at radius 1 is 1.07 bits per heavy atom. The summed E-state index contributed by atoms with van der Waals surface area (Å²) in [6.07, 6.45) is 1.77. The number of benzene rings is 1. The van der Waals surface area contributed by atoms with E-state index >= 15 is 0 Å². The maximum Gasteiger partial charge on any atom is 0.213 e. The fourth-order valence-corrected chi connectivity index (χ4v) is 2.69. The van der Waals surface area contributed by atoms with E-state index in [1.54, 1.807) is 27.5 Å². The lowest BCUT2D eigenvalue weighted by atomic mass is 9.94. The van der Waals surface area contributed by atoms with Gasteiger partial charge in [0.1, 0.15) is 5.76 Å². The zero-order chi connectivity index (χ0) is 21.4. The molecule has 0 bridgehead atoms. The minimum absolute atomic E-state index is 0.0756.